The molecule has 2 bridgehead atoms. The lowest BCUT2D eigenvalue weighted by atomic mass is 9.64. The highest BCUT2D eigenvalue weighted by atomic mass is 16.5. The van der Waals surface area contributed by atoms with E-state index in [0.717, 1.165) is 32.1 Å². The molecule has 3 heterocycles. The zero-order valence-electron chi connectivity index (χ0n) is 28.1. The maximum atomic E-state index is 15.0. The van der Waals surface area contributed by atoms with Crippen LogP contribution in [0.1, 0.15) is 106 Å². The van der Waals surface area contributed by atoms with Gasteiger partial charge in [0.1, 0.15) is 11.6 Å². The molecule has 0 aliphatic carbocycles. The van der Waals surface area contributed by atoms with Crippen molar-refractivity contribution in [3.8, 4) is 0 Å². The highest BCUT2D eigenvalue weighted by Gasteiger charge is 2.79. The van der Waals surface area contributed by atoms with Crippen LogP contribution in [0, 0.1) is 17.3 Å². The predicted molar refractivity (Wildman–Crippen MR) is 171 cm³/mol. The van der Waals surface area contributed by atoms with Crippen molar-refractivity contribution >= 4 is 17.7 Å². The highest BCUT2D eigenvalue weighted by Crippen LogP contribution is 2.64. The van der Waals surface area contributed by atoms with Crippen molar-refractivity contribution in [1.82, 2.24) is 14.7 Å². The standard InChI is InChI=1S/C35H59N3O5/c1-10-20-36(21-11-2)29(40)26-27-30(41)37(23-16-14-15-17-24-39)28(35(27)19-18-34(26,13-4)43-35)31(42)38(22-12-3)33(8,9)25-32(5,6)7/h10,12,26-28,39H,1,3,11,13-25H2,2,4-9H3/t26-,27-,28?,34+,35?/m0/s1. The van der Waals surface area contributed by atoms with Crippen molar-refractivity contribution in [2.75, 3.05) is 32.8 Å². The fourth-order valence-corrected chi connectivity index (χ4v) is 8.58. The summed E-state index contributed by atoms with van der Waals surface area (Å²) in [6.07, 6.45) is 10.1. The van der Waals surface area contributed by atoms with Gasteiger partial charge in [-0.05, 0) is 64.2 Å². The molecule has 0 aromatic carbocycles. The quantitative estimate of drug-likeness (QED) is 0.179. The zero-order chi connectivity index (χ0) is 32.2. The van der Waals surface area contributed by atoms with Crippen LogP contribution in [0.2, 0.25) is 0 Å². The summed E-state index contributed by atoms with van der Waals surface area (Å²) in [4.78, 5) is 49.3. The van der Waals surface area contributed by atoms with Crippen LogP contribution in [0.3, 0.4) is 0 Å². The minimum Gasteiger partial charge on any atom is -0.396 e. The van der Waals surface area contributed by atoms with Gasteiger partial charge in [0.15, 0.2) is 0 Å². The molecule has 0 aromatic rings. The molecule has 3 amide bonds. The van der Waals surface area contributed by atoms with E-state index in [1.54, 1.807) is 17.1 Å². The second-order valence-corrected chi connectivity index (χ2v) is 14.9. The number of nitrogens with zero attached hydrogens (tertiary/aromatic N) is 3. The minimum atomic E-state index is -1.04. The number of unbranched alkanes of at least 4 members (excludes halogenated alkanes) is 3. The largest absolute Gasteiger partial charge is 0.396 e. The molecule has 1 spiro atoms. The lowest BCUT2D eigenvalue weighted by Gasteiger charge is -2.45. The van der Waals surface area contributed by atoms with E-state index >= 15 is 0 Å². The molecule has 3 aliphatic heterocycles. The molecule has 3 aliphatic rings. The van der Waals surface area contributed by atoms with E-state index in [9.17, 15) is 19.5 Å². The number of carbonyl (C=O) groups excluding carboxylic acids is 3. The van der Waals surface area contributed by atoms with Gasteiger partial charge in [-0.15, -0.1) is 13.2 Å². The van der Waals surface area contributed by atoms with Crippen LogP contribution in [0.5, 0.6) is 0 Å². The summed E-state index contributed by atoms with van der Waals surface area (Å²) in [7, 11) is 0. The second kappa shape index (κ2) is 13.8. The predicted octanol–water partition coefficient (Wildman–Crippen LogP) is 5.35. The molecule has 1 N–H and O–H groups in total. The Kier molecular flexibility index (Phi) is 11.4. The van der Waals surface area contributed by atoms with Gasteiger partial charge in [-0.3, -0.25) is 14.4 Å². The van der Waals surface area contributed by atoms with Gasteiger partial charge < -0.3 is 24.5 Å². The van der Waals surface area contributed by atoms with E-state index in [2.05, 4.69) is 47.8 Å². The number of amides is 3. The molecule has 3 fully saturated rings. The third kappa shape index (κ3) is 6.75. The van der Waals surface area contributed by atoms with E-state index in [1.807, 2.05) is 23.6 Å². The van der Waals surface area contributed by atoms with E-state index in [0.29, 0.717) is 51.9 Å². The third-order valence-corrected chi connectivity index (χ3v) is 9.91. The fraction of sp³-hybridized carbons (Fsp3) is 0.800. The Hall–Kier alpha value is -2.19. The summed E-state index contributed by atoms with van der Waals surface area (Å²) in [5.74, 6) is -1.63. The average Bonchev–Trinajstić information content (AvgIpc) is 3.53. The fourth-order valence-electron chi connectivity index (χ4n) is 8.58. The molecule has 0 aromatic heterocycles. The van der Waals surface area contributed by atoms with Crippen molar-refractivity contribution in [1.29, 1.82) is 0 Å². The van der Waals surface area contributed by atoms with Crippen molar-refractivity contribution in [2.24, 2.45) is 17.3 Å². The summed E-state index contributed by atoms with van der Waals surface area (Å²) in [5, 5.41) is 9.25. The van der Waals surface area contributed by atoms with Crippen LogP contribution < -0.4 is 0 Å². The maximum Gasteiger partial charge on any atom is 0.249 e. The van der Waals surface area contributed by atoms with Crippen LogP contribution in [0.15, 0.2) is 25.3 Å². The van der Waals surface area contributed by atoms with Gasteiger partial charge in [0.05, 0.1) is 17.4 Å². The van der Waals surface area contributed by atoms with Gasteiger partial charge in [0, 0.05) is 38.3 Å². The summed E-state index contributed by atoms with van der Waals surface area (Å²) in [6, 6.07) is -0.799. The number of aliphatic hydroxyl groups is 1. The second-order valence-electron chi connectivity index (χ2n) is 14.9. The molecule has 3 rings (SSSR count). The topological polar surface area (TPSA) is 90.4 Å². The number of hydrogen-bond donors (Lipinski definition) is 1. The Bertz CT molecular complexity index is 1030. The average molecular weight is 602 g/mol. The number of ether oxygens (including phenoxy) is 1. The van der Waals surface area contributed by atoms with E-state index in [1.165, 1.54) is 0 Å². The Morgan fingerprint density at radius 2 is 1.67 bits per heavy atom. The lowest BCUT2D eigenvalue weighted by molar-refractivity contribution is -0.158. The molecule has 43 heavy (non-hydrogen) atoms. The number of fused-ring (bicyclic) bond motifs is 1. The molecule has 8 nitrogen and oxygen atoms in total. The number of rotatable bonds is 17. The molecule has 3 saturated heterocycles. The molecule has 5 atom stereocenters. The van der Waals surface area contributed by atoms with Gasteiger partial charge in [0.25, 0.3) is 0 Å². The molecule has 244 valence electrons. The monoisotopic (exact) mass is 601 g/mol. The highest BCUT2D eigenvalue weighted by molar-refractivity contribution is 5.99. The first-order valence-corrected chi connectivity index (χ1v) is 16.6. The number of aliphatic hydroxyl groups excluding tert-OH is 1. The minimum absolute atomic E-state index is 0.0259. The number of hydrogen-bond acceptors (Lipinski definition) is 5. The normalized spacial score (nSPS) is 28.2. The van der Waals surface area contributed by atoms with Gasteiger partial charge >= 0.3 is 0 Å². The van der Waals surface area contributed by atoms with Gasteiger partial charge in [-0.1, -0.05) is 59.6 Å². The van der Waals surface area contributed by atoms with Crippen molar-refractivity contribution < 1.29 is 24.2 Å². The van der Waals surface area contributed by atoms with Crippen LogP contribution in [-0.4, -0.2) is 93.1 Å². The van der Waals surface area contributed by atoms with Crippen LogP contribution in [0.25, 0.3) is 0 Å². The summed E-state index contributed by atoms with van der Waals surface area (Å²) in [6.45, 7) is 24.6. The summed E-state index contributed by atoms with van der Waals surface area (Å²) >= 11 is 0. The van der Waals surface area contributed by atoms with Crippen LogP contribution in [0.4, 0.5) is 0 Å². The first-order valence-electron chi connectivity index (χ1n) is 16.6. The lowest BCUT2D eigenvalue weighted by Crippen LogP contribution is -2.61. The SMILES string of the molecule is C=CCN(CCC)C(=O)[C@@H]1[C@H]2C(=O)N(CCCCCCO)C(C(=O)N(CC=C)C(C)(C)CC(C)(C)C)C23CC[C@@]1(CC)O3. The molecule has 2 unspecified atom stereocenters. The Morgan fingerprint density at radius 3 is 2.23 bits per heavy atom. The van der Waals surface area contributed by atoms with E-state index in [-0.39, 0.29) is 29.7 Å². The molecule has 0 radical (unpaired) electrons. The number of carbonyl (C=O) groups is 3. The molecule has 0 saturated carbocycles. The first-order chi connectivity index (χ1) is 20.2. The Morgan fingerprint density at radius 1 is 1.02 bits per heavy atom. The molecular weight excluding hydrogens is 542 g/mol. The number of likely N-dealkylation sites (tertiary alicyclic amines) is 1. The molecule has 8 heteroatoms. The smallest absolute Gasteiger partial charge is 0.249 e. The first kappa shape index (κ1) is 35.3. The third-order valence-electron chi connectivity index (χ3n) is 9.91. The van der Waals surface area contributed by atoms with Gasteiger partial charge in [-0.25, -0.2) is 0 Å². The zero-order valence-corrected chi connectivity index (χ0v) is 28.1. The maximum absolute atomic E-state index is 15.0. The Labute approximate surface area is 260 Å². The van der Waals surface area contributed by atoms with E-state index in [4.69, 9.17) is 4.74 Å². The van der Waals surface area contributed by atoms with Crippen molar-refractivity contribution in [2.45, 2.75) is 129 Å². The van der Waals surface area contributed by atoms with Crippen molar-refractivity contribution in [3.63, 3.8) is 0 Å². The van der Waals surface area contributed by atoms with Gasteiger partial charge in [0.2, 0.25) is 17.7 Å². The summed E-state index contributed by atoms with van der Waals surface area (Å²) < 4.78 is 7.04. The molecular formula is C35H59N3O5. The van der Waals surface area contributed by atoms with Crippen molar-refractivity contribution in [3.05, 3.63) is 25.3 Å². The van der Waals surface area contributed by atoms with Crippen LogP contribution >= 0.6 is 0 Å². The Balaban J connectivity index is 2.11. The summed E-state index contributed by atoms with van der Waals surface area (Å²) in [5.41, 5.74) is -2.33. The van der Waals surface area contributed by atoms with Gasteiger partial charge in [-0.2, -0.15) is 0 Å². The van der Waals surface area contributed by atoms with E-state index < -0.39 is 34.6 Å². The van der Waals surface area contributed by atoms with Crippen LogP contribution in [-0.2, 0) is 19.1 Å².